The van der Waals surface area contributed by atoms with Crippen molar-refractivity contribution in [1.29, 1.82) is 0 Å². The molecule has 0 amide bonds. The van der Waals surface area contributed by atoms with E-state index in [0.29, 0.717) is 11.8 Å². The fourth-order valence-corrected chi connectivity index (χ4v) is 10.7. The van der Waals surface area contributed by atoms with Crippen LogP contribution in [0.5, 0.6) is 0 Å². The molecule has 13 unspecified atom stereocenters. The van der Waals surface area contributed by atoms with Crippen LogP contribution in [-0.4, -0.2) is 77.0 Å². The molecule has 7 nitrogen and oxygen atoms in total. The van der Waals surface area contributed by atoms with E-state index in [9.17, 15) is 4.79 Å². The molecular formula is C25H39NO6. The fourth-order valence-electron chi connectivity index (χ4n) is 10.7. The number of esters is 1. The number of carbonyl (C=O) groups is 1. The van der Waals surface area contributed by atoms with Gasteiger partial charge in [-0.3, -0.25) is 4.79 Å². The molecular weight excluding hydrogens is 410 g/mol. The Bertz CT molecular complexity index is 807. The molecule has 1 saturated heterocycles. The highest BCUT2D eigenvalue weighted by Crippen LogP contribution is 2.78. The molecule has 13 atom stereocenters. The van der Waals surface area contributed by atoms with Crippen LogP contribution in [0.15, 0.2) is 0 Å². The average molecular weight is 450 g/mol. The van der Waals surface area contributed by atoms with Gasteiger partial charge in [-0.25, -0.2) is 0 Å². The van der Waals surface area contributed by atoms with Gasteiger partial charge in [0, 0.05) is 83.5 Å². The van der Waals surface area contributed by atoms with Crippen molar-refractivity contribution >= 4 is 5.97 Å². The minimum absolute atomic E-state index is 0.0505. The Morgan fingerprint density at radius 2 is 1.81 bits per heavy atom. The molecule has 7 bridgehead atoms. The molecule has 7 heteroatoms. The van der Waals surface area contributed by atoms with E-state index in [1.165, 1.54) is 0 Å². The van der Waals surface area contributed by atoms with Crippen molar-refractivity contribution in [3.8, 4) is 0 Å². The first kappa shape index (κ1) is 21.8. The van der Waals surface area contributed by atoms with Crippen molar-refractivity contribution in [2.24, 2.45) is 40.4 Å². The predicted octanol–water partition coefficient (Wildman–Crippen LogP) is 2.02. The van der Waals surface area contributed by atoms with Crippen LogP contribution >= 0.6 is 0 Å². The standard InChI is InChI=1S/C25H39NO6/c1-12(27)32-20-18-22-25(16(29-4)7-8-23(2,11-26-22)21(20)25)14-9-13-15(28-3)10-24(18,31-6)17(14)19(13)30-5/h13-22,26H,7-11H2,1-6H3. The zero-order chi connectivity index (χ0) is 22.6. The summed E-state index contributed by atoms with van der Waals surface area (Å²) in [6.07, 6.45) is 4.12. The number of hydrogen-bond acceptors (Lipinski definition) is 7. The summed E-state index contributed by atoms with van der Waals surface area (Å²) in [6, 6.07) is 0.197. The van der Waals surface area contributed by atoms with Crippen molar-refractivity contribution < 1.29 is 28.5 Å². The fraction of sp³-hybridized carbons (Fsp3) is 0.960. The summed E-state index contributed by atoms with van der Waals surface area (Å²) in [6.45, 7) is 4.91. The van der Waals surface area contributed by atoms with Gasteiger partial charge in [0.2, 0.25) is 0 Å². The Morgan fingerprint density at radius 1 is 1.03 bits per heavy atom. The highest BCUT2D eigenvalue weighted by atomic mass is 16.6. The van der Waals surface area contributed by atoms with Crippen LogP contribution in [0, 0.1) is 40.4 Å². The number of rotatable bonds is 5. The maximum absolute atomic E-state index is 12.5. The third-order valence-electron chi connectivity index (χ3n) is 11.2. The third kappa shape index (κ3) is 2.19. The van der Waals surface area contributed by atoms with E-state index in [1.54, 1.807) is 6.92 Å². The van der Waals surface area contributed by atoms with E-state index in [0.717, 1.165) is 32.2 Å². The van der Waals surface area contributed by atoms with Gasteiger partial charge in [0.15, 0.2) is 0 Å². The van der Waals surface area contributed by atoms with E-state index in [2.05, 4.69) is 12.2 Å². The first-order chi connectivity index (χ1) is 15.3. The zero-order valence-electron chi connectivity index (χ0n) is 20.3. The number of nitrogens with one attached hydrogen (secondary N) is 1. The molecule has 0 radical (unpaired) electrons. The number of ether oxygens (including phenoxy) is 5. The van der Waals surface area contributed by atoms with Crippen LogP contribution in [0.25, 0.3) is 0 Å². The van der Waals surface area contributed by atoms with Crippen LogP contribution in [0.4, 0.5) is 0 Å². The lowest BCUT2D eigenvalue weighted by Crippen LogP contribution is -2.75. The zero-order valence-corrected chi connectivity index (χ0v) is 20.3. The summed E-state index contributed by atoms with van der Waals surface area (Å²) in [5.41, 5.74) is -0.482. The topological polar surface area (TPSA) is 75.2 Å². The van der Waals surface area contributed by atoms with Crippen molar-refractivity contribution in [2.75, 3.05) is 35.0 Å². The van der Waals surface area contributed by atoms with E-state index >= 15 is 0 Å². The predicted molar refractivity (Wildman–Crippen MR) is 116 cm³/mol. The largest absolute Gasteiger partial charge is 0.462 e. The molecule has 6 rings (SSSR count). The van der Waals surface area contributed by atoms with Crippen LogP contribution in [0.2, 0.25) is 0 Å². The van der Waals surface area contributed by atoms with Gasteiger partial charge in [-0.05, 0) is 30.6 Å². The Balaban J connectivity index is 1.63. The molecule has 0 aromatic rings. The molecule has 1 spiro atoms. The second kappa shape index (κ2) is 6.91. The van der Waals surface area contributed by atoms with Crippen LogP contribution in [0.3, 0.4) is 0 Å². The first-order valence-electron chi connectivity index (χ1n) is 12.4. The monoisotopic (exact) mass is 449 g/mol. The van der Waals surface area contributed by atoms with Crippen LogP contribution in [0.1, 0.15) is 39.5 Å². The molecule has 6 aliphatic rings. The van der Waals surface area contributed by atoms with Crippen molar-refractivity contribution in [2.45, 2.75) is 75.6 Å². The maximum Gasteiger partial charge on any atom is 0.302 e. The number of hydrogen-bond donors (Lipinski definition) is 1. The van der Waals surface area contributed by atoms with Gasteiger partial charge in [0.25, 0.3) is 0 Å². The third-order valence-corrected chi connectivity index (χ3v) is 11.2. The highest BCUT2D eigenvalue weighted by Gasteiger charge is 2.86. The second-order valence-corrected chi connectivity index (χ2v) is 11.7. The number of methoxy groups -OCH3 is 4. The molecule has 6 fully saturated rings. The van der Waals surface area contributed by atoms with Crippen molar-refractivity contribution in [1.82, 2.24) is 5.32 Å². The molecule has 1 N–H and O–H groups in total. The minimum atomic E-state index is -0.455. The smallest absolute Gasteiger partial charge is 0.302 e. The van der Waals surface area contributed by atoms with Gasteiger partial charge >= 0.3 is 5.97 Å². The lowest BCUT2D eigenvalue weighted by molar-refractivity contribution is -0.256. The van der Waals surface area contributed by atoms with E-state index in [-0.39, 0.29) is 65.0 Å². The highest BCUT2D eigenvalue weighted by molar-refractivity contribution is 5.66. The SMILES string of the molecule is COC1CC2(OC)C3C(OC)C1CC3C13C(OC)CCC4(C)CNC1C2C(OC(C)=O)C43. The molecule has 1 heterocycles. The quantitative estimate of drug-likeness (QED) is 0.644. The molecule has 180 valence electrons. The average Bonchev–Trinajstić information content (AvgIpc) is 3.19. The van der Waals surface area contributed by atoms with Gasteiger partial charge in [0.1, 0.15) is 6.10 Å². The van der Waals surface area contributed by atoms with Gasteiger partial charge in [0.05, 0.1) is 23.9 Å². The Morgan fingerprint density at radius 3 is 2.44 bits per heavy atom. The molecule has 32 heavy (non-hydrogen) atoms. The number of carbonyl (C=O) groups excluding carboxylic acids is 1. The Kier molecular flexibility index (Phi) is 4.70. The summed E-state index contributed by atoms with van der Waals surface area (Å²) in [4.78, 5) is 12.5. The minimum Gasteiger partial charge on any atom is -0.462 e. The number of piperidine rings is 1. The summed E-state index contributed by atoms with van der Waals surface area (Å²) in [5, 5.41) is 4.00. The number of fused-ring (bicyclic) bond motifs is 2. The maximum atomic E-state index is 12.5. The molecule has 0 aromatic carbocycles. The van der Waals surface area contributed by atoms with Gasteiger partial charge in [-0.2, -0.15) is 0 Å². The van der Waals surface area contributed by atoms with Crippen LogP contribution < -0.4 is 5.32 Å². The molecule has 5 saturated carbocycles. The van der Waals surface area contributed by atoms with Gasteiger partial charge in [-0.15, -0.1) is 0 Å². The summed E-state index contributed by atoms with van der Waals surface area (Å²) < 4.78 is 31.6. The van der Waals surface area contributed by atoms with Crippen molar-refractivity contribution in [3.63, 3.8) is 0 Å². The lowest BCUT2D eigenvalue weighted by atomic mass is 9.44. The van der Waals surface area contributed by atoms with Crippen LogP contribution in [-0.2, 0) is 28.5 Å². The second-order valence-electron chi connectivity index (χ2n) is 11.7. The summed E-state index contributed by atoms with van der Waals surface area (Å²) in [5.74, 6) is 1.09. The van der Waals surface area contributed by atoms with Crippen molar-refractivity contribution in [3.05, 3.63) is 0 Å². The lowest BCUT2D eigenvalue weighted by Gasteiger charge is -2.66. The Hall–Kier alpha value is -0.730. The van der Waals surface area contributed by atoms with Gasteiger partial charge < -0.3 is 29.0 Å². The first-order valence-corrected chi connectivity index (χ1v) is 12.4. The molecule has 5 aliphatic carbocycles. The van der Waals surface area contributed by atoms with Gasteiger partial charge in [-0.1, -0.05) is 6.92 Å². The summed E-state index contributed by atoms with van der Waals surface area (Å²) >= 11 is 0. The van der Waals surface area contributed by atoms with E-state index < -0.39 is 5.60 Å². The Labute approximate surface area is 191 Å². The summed E-state index contributed by atoms with van der Waals surface area (Å²) in [7, 11) is 7.38. The van der Waals surface area contributed by atoms with E-state index in [1.807, 2.05) is 28.4 Å². The molecule has 0 aromatic heterocycles. The normalized spacial score (nSPS) is 59.2. The van der Waals surface area contributed by atoms with E-state index in [4.69, 9.17) is 23.7 Å². The molecule has 1 aliphatic heterocycles.